The van der Waals surface area contributed by atoms with E-state index in [1.165, 1.54) is 0 Å². The van der Waals surface area contributed by atoms with Crippen molar-refractivity contribution >= 4 is 17.9 Å². The number of rotatable bonds is 7. The number of halogens is 1. The lowest BCUT2D eigenvalue weighted by Crippen LogP contribution is -2.42. The summed E-state index contributed by atoms with van der Waals surface area (Å²) in [6, 6.07) is 0. The molecule has 0 spiro atoms. The second kappa shape index (κ2) is 7.23. The van der Waals surface area contributed by atoms with Gasteiger partial charge in [0, 0.05) is 5.88 Å². The van der Waals surface area contributed by atoms with Crippen molar-refractivity contribution in [2.75, 3.05) is 19.1 Å². The van der Waals surface area contributed by atoms with Crippen molar-refractivity contribution in [3.8, 4) is 0 Å². The third-order valence-electron chi connectivity index (χ3n) is 1.44. The summed E-state index contributed by atoms with van der Waals surface area (Å²) in [5.74, 6) is 0.187. The second-order valence-electron chi connectivity index (χ2n) is 2.40. The van der Waals surface area contributed by atoms with Gasteiger partial charge in [-0.3, -0.25) is 0 Å². The van der Waals surface area contributed by atoms with Gasteiger partial charge in [-0.05, 0) is 0 Å². The Bertz CT molecular complexity index is 143. The molecule has 3 atom stereocenters. The first-order valence-corrected chi connectivity index (χ1v) is 4.30. The van der Waals surface area contributed by atoms with Crippen LogP contribution in [-0.2, 0) is 9.53 Å². The minimum atomic E-state index is -1.43. The van der Waals surface area contributed by atoms with Gasteiger partial charge >= 0.3 is 0 Å². The maximum absolute atomic E-state index is 10.4. The van der Waals surface area contributed by atoms with Gasteiger partial charge in [-0.15, -0.1) is 11.6 Å². The van der Waals surface area contributed by atoms with Crippen LogP contribution in [0.3, 0.4) is 0 Å². The third kappa shape index (κ3) is 4.54. The first-order valence-electron chi connectivity index (χ1n) is 3.77. The molecule has 0 amide bonds. The summed E-state index contributed by atoms with van der Waals surface area (Å²) in [5, 5.41) is 26.6. The highest BCUT2D eigenvalue weighted by Gasteiger charge is 2.25. The molecule has 6 heteroatoms. The average Bonchev–Trinajstić information content (AvgIpc) is 2.17. The fourth-order valence-electron chi connectivity index (χ4n) is 0.726. The number of aldehydes is 1. The Morgan fingerprint density at radius 3 is 2.46 bits per heavy atom. The number of carbonyl (C=O) groups is 1. The van der Waals surface area contributed by atoms with Crippen molar-refractivity contribution in [3.05, 3.63) is 0 Å². The van der Waals surface area contributed by atoms with E-state index in [9.17, 15) is 9.90 Å². The Hall–Kier alpha value is -0.200. The SMILES string of the molecule is O=C[C@H](OCCCl)[C@@H](O)[C@@H](O)CO. The molecule has 0 unspecified atom stereocenters. The normalized spacial score (nSPS) is 17.8. The zero-order valence-electron chi connectivity index (χ0n) is 6.97. The number of carbonyl (C=O) groups excluding carboxylic acids is 1. The zero-order valence-corrected chi connectivity index (χ0v) is 7.72. The van der Waals surface area contributed by atoms with Gasteiger partial charge < -0.3 is 24.9 Å². The molecule has 0 heterocycles. The van der Waals surface area contributed by atoms with Gasteiger partial charge in [0.15, 0.2) is 6.29 Å². The molecule has 0 rings (SSSR count). The molecule has 0 saturated carbocycles. The van der Waals surface area contributed by atoms with E-state index in [1.54, 1.807) is 0 Å². The largest absolute Gasteiger partial charge is 0.394 e. The number of ether oxygens (including phenoxy) is 1. The third-order valence-corrected chi connectivity index (χ3v) is 1.59. The van der Waals surface area contributed by atoms with E-state index in [2.05, 4.69) is 0 Å². The van der Waals surface area contributed by atoms with Crippen LogP contribution >= 0.6 is 11.6 Å². The number of aliphatic hydroxyl groups is 3. The van der Waals surface area contributed by atoms with E-state index in [1.807, 2.05) is 0 Å². The molecule has 0 aliphatic carbocycles. The average molecular weight is 213 g/mol. The predicted molar refractivity (Wildman–Crippen MR) is 45.6 cm³/mol. The maximum atomic E-state index is 10.4. The zero-order chi connectivity index (χ0) is 10.3. The number of alkyl halides is 1. The maximum Gasteiger partial charge on any atom is 0.151 e. The van der Waals surface area contributed by atoms with E-state index < -0.39 is 24.9 Å². The van der Waals surface area contributed by atoms with Crippen molar-refractivity contribution in [1.82, 2.24) is 0 Å². The standard InChI is InChI=1S/C7H13ClO5/c8-1-2-13-6(4-10)7(12)5(11)3-9/h4-7,9,11-12H,1-3H2/t5-,6-,7-/m0/s1. The second-order valence-corrected chi connectivity index (χ2v) is 2.78. The molecule has 0 radical (unpaired) electrons. The quantitative estimate of drug-likeness (QED) is 0.354. The van der Waals surface area contributed by atoms with Crippen molar-refractivity contribution in [1.29, 1.82) is 0 Å². The highest BCUT2D eigenvalue weighted by molar-refractivity contribution is 6.17. The van der Waals surface area contributed by atoms with Gasteiger partial charge in [0.25, 0.3) is 0 Å². The summed E-state index contributed by atoms with van der Waals surface area (Å²) in [5.41, 5.74) is 0. The molecule has 3 N–H and O–H groups in total. The molecule has 78 valence electrons. The monoisotopic (exact) mass is 212 g/mol. The van der Waals surface area contributed by atoms with Gasteiger partial charge in [0.1, 0.15) is 18.3 Å². The Morgan fingerprint density at radius 2 is 2.08 bits per heavy atom. The van der Waals surface area contributed by atoms with E-state index in [0.717, 1.165) is 0 Å². The van der Waals surface area contributed by atoms with E-state index >= 15 is 0 Å². The molecule has 13 heavy (non-hydrogen) atoms. The van der Waals surface area contributed by atoms with Crippen LogP contribution in [0.1, 0.15) is 0 Å². The van der Waals surface area contributed by atoms with Crippen LogP contribution in [0.5, 0.6) is 0 Å². The minimum Gasteiger partial charge on any atom is -0.394 e. The fourth-order valence-corrected chi connectivity index (χ4v) is 0.815. The smallest absolute Gasteiger partial charge is 0.151 e. The lowest BCUT2D eigenvalue weighted by molar-refractivity contribution is -0.135. The molecular formula is C7H13ClO5. The van der Waals surface area contributed by atoms with Gasteiger partial charge in [0.2, 0.25) is 0 Å². The molecule has 0 saturated heterocycles. The topological polar surface area (TPSA) is 87.0 Å². The highest BCUT2D eigenvalue weighted by atomic mass is 35.5. The summed E-state index contributed by atoms with van der Waals surface area (Å²) in [7, 11) is 0. The molecule has 0 aromatic carbocycles. The van der Waals surface area contributed by atoms with Gasteiger partial charge in [-0.2, -0.15) is 0 Å². The molecule has 5 nitrogen and oxygen atoms in total. The summed E-state index contributed by atoms with van der Waals surface area (Å²) < 4.78 is 4.80. The summed E-state index contributed by atoms with van der Waals surface area (Å²) in [4.78, 5) is 10.4. The van der Waals surface area contributed by atoms with E-state index in [-0.39, 0.29) is 12.5 Å². The van der Waals surface area contributed by atoms with Crippen molar-refractivity contribution in [2.45, 2.75) is 18.3 Å². The van der Waals surface area contributed by atoms with Crippen molar-refractivity contribution in [2.24, 2.45) is 0 Å². The van der Waals surface area contributed by atoms with Gasteiger partial charge in [0.05, 0.1) is 13.2 Å². The predicted octanol–water partition coefficient (Wildman–Crippen LogP) is -1.48. The molecule has 0 aliphatic rings. The first kappa shape index (κ1) is 12.8. The number of hydrogen-bond acceptors (Lipinski definition) is 5. The molecular weight excluding hydrogens is 200 g/mol. The number of aliphatic hydroxyl groups excluding tert-OH is 3. The van der Waals surface area contributed by atoms with Crippen LogP contribution in [0.15, 0.2) is 0 Å². The lowest BCUT2D eigenvalue weighted by Gasteiger charge is -2.21. The minimum absolute atomic E-state index is 0.0974. The van der Waals surface area contributed by atoms with Crippen molar-refractivity contribution in [3.63, 3.8) is 0 Å². The Labute approximate surface area is 80.9 Å². The van der Waals surface area contributed by atoms with Crippen LogP contribution in [0, 0.1) is 0 Å². The lowest BCUT2D eigenvalue weighted by atomic mass is 10.1. The van der Waals surface area contributed by atoms with Crippen LogP contribution in [0.4, 0.5) is 0 Å². The fraction of sp³-hybridized carbons (Fsp3) is 0.857. The van der Waals surface area contributed by atoms with Crippen LogP contribution in [0.2, 0.25) is 0 Å². The Kier molecular flexibility index (Phi) is 7.12. The molecule has 0 aromatic heterocycles. The van der Waals surface area contributed by atoms with E-state index in [4.69, 9.17) is 26.6 Å². The van der Waals surface area contributed by atoms with Gasteiger partial charge in [-0.1, -0.05) is 0 Å². The summed E-state index contributed by atoms with van der Waals surface area (Å²) in [6.45, 7) is -0.532. The molecule has 0 aromatic rings. The summed E-state index contributed by atoms with van der Waals surface area (Å²) >= 11 is 5.29. The summed E-state index contributed by atoms with van der Waals surface area (Å²) in [6.07, 6.45) is -3.60. The number of hydrogen-bond donors (Lipinski definition) is 3. The molecule has 0 aliphatic heterocycles. The van der Waals surface area contributed by atoms with Crippen molar-refractivity contribution < 1.29 is 24.9 Å². The first-order chi connectivity index (χ1) is 6.17. The highest BCUT2D eigenvalue weighted by Crippen LogP contribution is 2.02. The van der Waals surface area contributed by atoms with Gasteiger partial charge in [-0.25, -0.2) is 0 Å². The Morgan fingerprint density at radius 1 is 1.46 bits per heavy atom. The van der Waals surface area contributed by atoms with E-state index in [0.29, 0.717) is 6.29 Å². The van der Waals surface area contributed by atoms with Crippen LogP contribution in [0.25, 0.3) is 0 Å². The van der Waals surface area contributed by atoms with Crippen LogP contribution < -0.4 is 0 Å². The molecule has 0 bridgehead atoms. The molecule has 0 fully saturated rings. The Balaban J connectivity index is 3.97. The van der Waals surface area contributed by atoms with Crippen LogP contribution in [-0.4, -0.2) is 59.0 Å².